The summed E-state index contributed by atoms with van der Waals surface area (Å²) in [5.74, 6) is 0.364. The number of ketones is 2. The summed E-state index contributed by atoms with van der Waals surface area (Å²) >= 11 is 1.22. The number of rotatable bonds is 6. The molecule has 2 aromatic carbocycles. The molecule has 4 aliphatic rings. The molecule has 3 saturated carbocycles. The van der Waals surface area contributed by atoms with Crippen LogP contribution in [0.5, 0.6) is 0 Å². The van der Waals surface area contributed by atoms with Crippen LogP contribution in [0.2, 0.25) is 0 Å². The lowest BCUT2D eigenvalue weighted by Gasteiger charge is -2.59. The van der Waals surface area contributed by atoms with E-state index in [9.17, 15) is 19.8 Å². The van der Waals surface area contributed by atoms with Crippen LogP contribution >= 0.6 is 11.8 Å². The van der Waals surface area contributed by atoms with Gasteiger partial charge in [0.25, 0.3) is 5.22 Å². The summed E-state index contributed by atoms with van der Waals surface area (Å²) in [5.41, 5.74) is 0.898. The van der Waals surface area contributed by atoms with Gasteiger partial charge in [0.15, 0.2) is 17.3 Å². The fraction of sp³-hybridized carbons (Fsp3) is 0.432. The van der Waals surface area contributed by atoms with E-state index in [4.69, 9.17) is 9.40 Å². The van der Waals surface area contributed by atoms with Crippen LogP contribution < -0.4 is 0 Å². The van der Waals surface area contributed by atoms with Crippen molar-refractivity contribution in [3.8, 4) is 22.6 Å². The molecule has 0 amide bonds. The van der Waals surface area contributed by atoms with Crippen molar-refractivity contribution < 1.29 is 24.2 Å². The van der Waals surface area contributed by atoms with E-state index in [1.807, 2.05) is 80.6 Å². The van der Waals surface area contributed by atoms with Crippen molar-refractivity contribution in [3.05, 3.63) is 84.5 Å². The molecule has 6 unspecified atom stereocenters. The molecule has 0 aliphatic heterocycles. The number of thioether (sulfide) groups is 1. The maximum absolute atomic E-state index is 14.2. The third-order valence-corrected chi connectivity index (χ3v) is 12.3. The number of allylic oxidation sites excluding steroid dienone is 4. The van der Waals surface area contributed by atoms with E-state index < -0.39 is 17.1 Å². The Balaban J connectivity index is 1.15. The standard InChI is InChI=1S/C37H39NO5S/c1-22-18-28-27-15-14-25-19-26(39)16-17-35(25,2)31(27)29(40)20-36(28,3)37(22,42)30(41)21-44-34-38-32(23-10-6-4-7-11-23)33(43-34)24-12-8-5-9-13-24/h4-13,16-17,19,22,27-29,31,40,42H,14-15,18,20-21H2,1-3H3/t22-,27?,28?,29?,31?,35?,36?,37+/m1/s1. The average Bonchev–Trinajstić information content (AvgIpc) is 3.54. The van der Waals surface area contributed by atoms with E-state index in [2.05, 4.69) is 6.92 Å². The molecule has 7 heteroatoms. The Hall–Kier alpha value is -3.26. The van der Waals surface area contributed by atoms with Crippen LogP contribution in [0.4, 0.5) is 0 Å². The number of Topliss-reactive ketones (excluding diaryl/α,β-unsaturated/α-hetero) is 1. The smallest absolute Gasteiger partial charge is 0.257 e. The highest BCUT2D eigenvalue weighted by atomic mass is 32.2. The van der Waals surface area contributed by atoms with Crippen LogP contribution in [0.25, 0.3) is 22.6 Å². The van der Waals surface area contributed by atoms with Crippen LogP contribution in [0, 0.1) is 34.5 Å². The third-order valence-electron chi connectivity index (χ3n) is 11.5. The Morgan fingerprint density at radius 2 is 1.75 bits per heavy atom. The van der Waals surface area contributed by atoms with E-state index in [0.29, 0.717) is 23.1 Å². The van der Waals surface area contributed by atoms with Gasteiger partial charge in [-0.2, -0.15) is 0 Å². The van der Waals surface area contributed by atoms with Crippen LogP contribution in [-0.4, -0.2) is 44.2 Å². The van der Waals surface area contributed by atoms with E-state index in [-0.39, 0.29) is 46.4 Å². The molecule has 44 heavy (non-hydrogen) atoms. The zero-order valence-corrected chi connectivity index (χ0v) is 26.2. The largest absolute Gasteiger partial charge is 0.431 e. The molecule has 3 aromatic rings. The molecule has 7 rings (SSSR count). The highest BCUT2D eigenvalue weighted by molar-refractivity contribution is 7.99. The Labute approximate surface area is 262 Å². The Kier molecular flexibility index (Phi) is 7.15. The number of fused-ring (bicyclic) bond motifs is 5. The van der Waals surface area contributed by atoms with Crippen molar-refractivity contribution in [2.45, 2.75) is 63.4 Å². The Morgan fingerprint density at radius 3 is 2.45 bits per heavy atom. The first kappa shape index (κ1) is 29.5. The number of aliphatic hydroxyl groups is 2. The number of aromatic nitrogens is 1. The van der Waals surface area contributed by atoms with Gasteiger partial charge >= 0.3 is 0 Å². The van der Waals surface area contributed by atoms with E-state index in [1.54, 1.807) is 12.2 Å². The second kappa shape index (κ2) is 10.7. The molecule has 0 radical (unpaired) electrons. The normalized spacial score (nSPS) is 35.9. The number of nitrogens with zero attached hydrogens (tertiary/aromatic N) is 1. The van der Waals surface area contributed by atoms with Crippen molar-refractivity contribution >= 4 is 23.3 Å². The van der Waals surface area contributed by atoms with Crippen molar-refractivity contribution in [1.29, 1.82) is 0 Å². The second-order valence-corrected chi connectivity index (χ2v) is 14.6. The van der Waals surface area contributed by atoms with Gasteiger partial charge in [-0.1, -0.05) is 105 Å². The van der Waals surface area contributed by atoms with Crippen LogP contribution in [0.1, 0.15) is 46.5 Å². The van der Waals surface area contributed by atoms with Gasteiger partial charge < -0.3 is 14.6 Å². The quantitative estimate of drug-likeness (QED) is 0.293. The molecule has 8 atom stereocenters. The first-order chi connectivity index (χ1) is 21.1. The van der Waals surface area contributed by atoms with Crippen molar-refractivity contribution in [2.75, 3.05) is 5.75 Å². The summed E-state index contributed by atoms with van der Waals surface area (Å²) in [6.07, 6.45) is 7.39. The van der Waals surface area contributed by atoms with Crippen molar-refractivity contribution in [2.24, 2.45) is 34.5 Å². The predicted octanol–water partition coefficient (Wildman–Crippen LogP) is 6.93. The number of hydrogen-bond donors (Lipinski definition) is 2. The van der Waals surface area contributed by atoms with Gasteiger partial charge in [0.05, 0.1) is 11.9 Å². The number of carbonyl (C=O) groups is 2. The fourth-order valence-electron chi connectivity index (χ4n) is 9.43. The molecule has 1 heterocycles. The van der Waals surface area contributed by atoms with Crippen LogP contribution in [-0.2, 0) is 9.59 Å². The summed E-state index contributed by atoms with van der Waals surface area (Å²) in [6.45, 7) is 6.14. The molecule has 2 N–H and O–H groups in total. The van der Waals surface area contributed by atoms with E-state index >= 15 is 0 Å². The van der Waals surface area contributed by atoms with Crippen LogP contribution in [0.3, 0.4) is 0 Å². The highest BCUT2D eigenvalue weighted by Gasteiger charge is 2.70. The van der Waals surface area contributed by atoms with Crippen molar-refractivity contribution in [1.82, 2.24) is 4.98 Å². The van der Waals surface area contributed by atoms with Gasteiger partial charge in [0.1, 0.15) is 11.3 Å². The first-order valence-electron chi connectivity index (χ1n) is 15.7. The Morgan fingerprint density at radius 1 is 1.07 bits per heavy atom. The van der Waals surface area contributed by atoms with Gasteiger partial charge in [-0.15, -0.1) is 0 Å². The summed E-state index contributed by atoms with van der Waals surface area (Å²) in [4.78, 5) is 31.1. The summed E-state index contributed by atoms with van der Waals surface area (Å²) in [6, 6.07) is 19.7. The minimum absolute atomic E-state index is 0.0100. The van der Waals surface area contributed by atoms with Gasteiger partial charge in [-0.3, -0.25) is 9.59 Å². The van der Waals surface area contributed by atoms with Gasteiger partial charge in [-0.05, 0) is 55.6 Å². The Bertz CT molecular complexity index is 1610. The fourth-order valence-corrected chi connectivity index (χ4v) is 10.2. The molecule has 0 spiro atoms. The number of aliphatic hydroxyl groups excluding tert-OH is 1. The SMILES string of the molecule is C[C@@H]1CC2C3CCC4=CC(=O)C=CC4(C)C3C(O)CC2(C)[C@@]1(O)C(=O)CSc1nc(-c2ccccc2)c(-c2ccccc2)o1. The molecule has 3 fully saturated rings. The summed E-state index contributed by atoms with van der Waals surface area (Å²) in [7, 11) is 0. The maximum atomic E-state index is 14.2. The average molecular weight is 610 g/mol. The van der Waals surface area contributed by atoms with Crippen LogP contribution in [0.15, 0.2) is 94.1 Å². The lowest BCUT2D eigenvalue weighted by Crippen LogP contribution is -2.62. The highest BCUT2D eigenvalue weighted by Crippen LogP contribution is 2.68. The molecule has 228 valence electrons. The number of carbonyl (C=O) groups excluding carboxylic acids is 2. The van der Waals surface area contributed by atoms with Gasteiger partial charge in [0.2, 0.25) is 0 Å². The summed E-state index contributed by atoms with van der Waals surface area (Å²) in [5, 5.41) is 24.6. The molecule has 6 nitrogen and oxygen atoms in total. The number of hydrogen-bond acceptors (Lipinski definition) is 7. The molecule has 4 aliphatic carbocycles. The maximum Gasteiger partial charge on any atom is 0.257 e. The van der Waals surface area contributed by atoms with Crippen molar-refractivity contribution in [3.63, 3.8) is 0 Å². The predicted molar refractivity (Wildman–Crippen MR) is 171 cm³/mol. The topological polar surface area (TPSA) is 101 Å². The molecule has 1 aromatic heterocycles. The minimum Gasteiger partial charge on any atom is -0.431 e. The first-order valence-corrected chi connectivity index (χ1v) is 16.7. The lowest BCUT2D eigenvalue weighted by molar-refractivity contribution is -0.179. The number of benzene rings is 2. The minimum atomic E-state index is -1.58. The van der Waals surface area contributed by atoms with E-state index in [0.717, 1.165) is 36.0 Å². The van der Waals surface area contributed by atoms with Gasteiger partial charge in [0, 0.05) is 27.9 Å². The summed E-state index contributed by atoms with van der Waals surface area (Å²) < 4.78 is 6.26. The zero-order valence-electron chi connectivity index (χ0n) is 25.4. The molecular weight excluding hydrogens is 570 g/mol. The molecule has 0 bridgehead atoms. The van der Waals surface area contributed by atoms with Gasteiger partial charge in [-0.25, -0.2) is 4.98 Å². The number of oxazole rings is 1. The second-order valence-electron chi connectivity index (χ2n) is 13.7. The zero-order chi connectivity index (χ0) is 30.9. The third kappa shape index (κ3) is 4.34. The molecule has 0 saturated heterocycles. The monoisotopic (exact) mass is 609 g/mol. The van der Waals surface area contributed by atoms with E-state index in [1.165, 1.54) is 11.8 Å². The molecular formula is C37H39NO5S. The lowest BCUT2D eigenvalue weighted by atomic mass is 9.46.